The first kappa shape index (κ1) is 36.8. The minimum atomic E-state index is -4.23. The van der Waals surface area contributed by atoms with E-state index in [2.05, 4.69) is 44.5 Å². The van der Waals surface area contributed by atoms with Crippen LogP contribution in [0.2, 0.25) is 0 Å². The number of hydrogen-bond acceptors (Lipinski definition) is 4. The van der Waals surface area contributed by atoms with Gasteiger partial charge in [-0.05, 0) is 12.8 Å². The molecule has 0 heterocycles. The standard InChI is InChI=1S/C12H26O4S.C12H26S.Na.H/c1-2-3-4-5-6-7-8-9-10-11-12-16-17(13,14)15;1-4-5-6-7-8-9-10-11-12(2,3)13;;/h2-12H2,1H3,(H,13,14,15);13H,4-11H2,1-3H3;;. The van der Waals surface area contributed by atoms with Crippen LogP contribution in [-0.4, -0.2) is 53.9 Å². The zero-order chi connectivity index (χ0) is 23.1. The van der Waals surface area contributed by atoms with Gasteiger partial charge in [-0.15, -0.1) is 0 Å². The van der Waals surface area contributed by atoms with Crippen LogP contribution in [0.5, 0.6) is 0 Å². The van der Waals surface area contributed by atoms with E-state index in [9.17, 15) is 8.42 Å². The van der Waals surface area contributed by atoms with Crippen molar-refractivity contribution in [3.8, 4) is 0 Å². The Labute approximate surface area is 223 Å². The third kappa shape index (κ3) is 41.9. The summed E-state index contributed by atoms with van der Waals surface area (Å²) < 4.78 is 33.2. The van der Waals surface area contributed by atoms with Crippen molar-refractivity contribution in [3.05, 3.63) is 0 Å². The molecule has 0 aliphatic rings. The zero-order valence-corrected chi connectivity index (χ0v) is 22.2. The van der Waals surface area contributed by atoms with Gasteiger partial charge in [-0.25, -0.2) is 4.18 Å². The fourth-order valence-corrected chi connectivity index (χ4v) is 3.76. The van der Waals surface area contributed by atoms with Crippen LogP contribution in [0.1, 0.15) is 143 Å². The average Bonchev–Trinajstić information content (AvgIpc) is 2.64. The SMILES string of the molecule is CCCCCCCCCC(C)(C)S.CCCCCCCCCCCCOS(=O)(=O)O.[NaH]. The Morgan fingerprint density at radius 3 is 1.32 bits per heavy atom. The number of rotatable bonds is 20. The van der Waals surface area contributed by atoms with Crippen LogP contribution in [-0.2, 0) is 14.6 Å². The molecule has 0 amide bonds. The maximum atomic E-state index is 10.2. The second kappa shape index (κ2) is 25.8. The van der Waals surface area contributed by atoms with Crippen LogP contribution in [0.3, 0.4) is 0 Å². The van der Waals surface area contributed by atoms with Crippen molar-refractivity contribution in [2.45, 2.75) is 148 Å². The Bertz CT molecular complexity index is 437. The first-order valence-electron chi connectivity index (χ1n) is 12.5. The molecule has 186 valence electrons. The van der Waals surface area contributed by atoms with Crippen LogP contribution >= 0.6 is 12.6 Å². The molecular formula is C24H53NaO4S2. The second-order valence-corrected chi connectivity index (χ2v) is 11.4. The first-order valence-corrected chi connectivity index (χ1v) is 14.3. The topological polar surface area (TPSA) is 63.6 Å². The van der Waals surface area contributed by atoms with Crippen LogP contribution in [0.15, 0.2) is 0 Å². The summed E-state index contributed by atoms with van der Waals surface area (Å²) in [6.07, 6.45) is 22.9. The maximum absolute atomic E-state index is 10.2. The summed E-state index contributed by atoms with van der Waals surface area (Å²) in [4.78, 5) is 0. The molecule has 0 aromatic heterocycles. The minimum absolute atomic E-state index is 0. The first-order chi connectivity index (χ1) is 14.1. The van der Waals surface area contributed by atoms with E-state index >= 15 is 0 Å². The quantitative estimate of drug-likeness (QED) is 0.0784. The van der Waals surface area contributed by atoms with Gasteiger partial charge in [0.2, 0.25) is 0 Å². The van der Waals surface area contributed by atoms with E-state index < -0.39 is 10.4 Å². The molecule has 0 saturated heterocycles. The molecule has 0 radical (unpaired) electrons. The Morgan fingerprint density at radius 1 is 0.677 bits per heavy atom. The van der Waals surface area contributed by atoms with Crippen molar-refractivity contribution in [3.63, 3.8) is 0 Å². The van der Waals surface area contributed by atoms with Gasteiger partial charge in [-0.3, -0.25) is 4.55 Å². The van der Waals surface area contributed by atoms with Gasteiger partial charge in [0.25, 0.3) is 0 Å². The van der Waals surface area contributed by atoms with Crippen LogP contribution < -0.4 is 0 Å². The van der Waals surface area contributed by atoms with Crippen molar-refractivity contribution in [1.29, 1.82) is 0 Å². The molecule has 31 heavy (non-hydrogen) atoms. The zero-order valence-electron chi connectivity index (χ0n) is 20.5. The molecule has 0 spiro atoms. The van der Waals surface area contributed by atoms with Gasteiger partial charge in [0.15, 0.2) is 0 Å². The average molecular weight is 493 g/mol. The van der Waals surface area contributed by atoms with Crippen LogP contribution in [0, 0.1) is 0 Å². The molecule has 0 unspecified atom stereocenters. The van der Waals surface area contributed by atoms with Crippen molar-refractivity contribution in [2.75, 3.05) is 6.61 Å². The van der Waals surface area contributed by atoms with E-state index in [1.54, 1.807) is 0 Å². The molecule has 0 fully saturated rings. The van der Waals surface area contributed by atoms with Gasteiger partial charge in [-0.1, -0.05) is 130 Å². The van der Waals surface area contributed by atoms with Gasteiger partial charge < -0.3 is 0 Å². The molecule has 0 aliphatic carbocycles. The van der Waals surface area contributed by atoms with E-state index in [1.807, 2.05) is 0 Å². The summed E-state index contributed by atoms with van der Waals surface area (Å²) in [7, 11) is -4.23. The normalized spacial score (nSPS) is 11.5. The third-order valence-electron chi connectivity index (χ3n) is 5.12. The molecule has 0 atom stereocenters. The van der Waals surface area contributed by atoms with Gasteiger partial charge >= 0.3 is 40.0 Å². The number of unbranched alkanes of at least 4 members (excludes halogenated alkanes) is 15. The molecule has 0 saturated carbocycles. The van der Waals surface area contributed by atoms with Gasteiger partial charge in [0, 0.05) is 4.75 Å². The molecule has 0 bridgehead atoms. The molecule has 0 aromatic carbocycles. The summed E-state index contributed by atoms with van der Waals surface area (Å²) in [6, 6.07) is 0. The summed E-state index contributed by atoms with van der Waals surface area (Å²) in [5, 5.41) is 0. The predicted octanol–water partition coefficient (Wildman–Crippen LogP) is 7.91. The number of hydrogen-bond donors (Lipinski definition) is 2. The molecule has 0 aliphatic heterocycles. The molecule has 0 rings (SSSR count). The van der Waals surface area contributed by atoms with Crippen molar-refractivity contribution >= 4 is 52.6 Å². The number of thiol groups is 1. The summed E-state index contributed by atoms with van der Waals surface area (Å²) in [5.74, 6) is 0. The van der Waals surface area contributed by atoms with Crippen LogP contribution in [0.4, 0.5) is 0 Å². The fourth-order valence-electron chi connectivity index (χ4n) is 3.27. The van der Waals surface area contributed by atoms with Gasteiger partial charge in [-0.2, -0.15) is 21.0 Å². The molecule has 1 N–H and O–H groups in total. The van der Waals surface area contributed by atoms with E-state index in [0.717, 1.165) is 12.8 Å². The van der Waals surface area contributed by atoms with Crippen molar-refractivity contribution in [2.24, 2.45) is 0 Å². The van der Waals surface area contributed by atoms with E-state index in [1.165, 1.54) is 96.3 Å². The van der Waals surface area contributed by atoms with Crippen molar-refractivity contribution in [1.82, 2.24) is 0 Å². The van der Waals surface area contributed by atoms with Crippen molar-refractivity contribution < 1.29 is 17.2 Å². The Morgan fingerprint density at radius 2 is 1.00 bits per heavy atom. The molecular weight excluding hydrogens is 439 g/mol. The fraction of sp³-hybridized carbons (Fsp3) is 1.00. The Balaban J connectivity index is -0.000000507. The second-order valence-electron chi connectivity index (χ2n) is 9.12. The van der Waals surface area contributed by atoms with Crippen LogP contribution in [0.25, 0.3) is 0 Å². The van der Waals surface area contributed by atoms with E-state index in [-0.39, 0.29) is 40.9 Å². The van der Waals surface area contributed by atoms with E-state index in [0.29, 0.717) is 6.42 Å². The van der Waals surface area contributed by atoms with Gasteiger partial charge in [0.1, 0.15) is 0 Å². The van der Waals surface area contributed by atoms with E-state index in [4.69, 9.17) is 4.55 Å². The molecule has 0 aromatic rings. The van der Waals surface area contributed by atoms with Gasteiger partial charge in [0.05, 0.1) is 6.61 Å². The Hall–Kier alpha value is 1.22. The molecule has 7 heteroatoms. The summed E-state index contributed by atoms with van der Waals surface area (Å²) in [5.41, 5.74) is 0. The summed E-state index contributed by atoms with van der Waals surface area (Å²) in [6.45, 7) is 8.98. The Kier molecular flexibility index (Phi) is 30.7. The monoisotopic (exact) mass is 492 g/mol. The third-order valence-corrected chi connectivity index (χ3v) is 5.81. The molecule has 4 nitrogen and oxygen atoms in total. The predicted molar refractivity (Wildman–Crippen MR) is 142 cm³/mol. The summed E-state index contributed by atoms with van der Waals surface area (Å²) >= 11 is 4.51.